The van der Waals surface area contributed by atoms with E-state index in [1.807, 2.05) is 12.4 Å². The molecule has 0 saturated heterocycles. The zero-order valence-corrected chi connectivity index (χ0v) is 20.0. The van der Waals surface area contributed by atoms with Gasteiger partial charge in [-0.2, -0.15) is 0 Å². The van der Waals surface area contributed by atoms with Crippen LogP contribution >= 0.6 is 0 Å². The largest absolute Gasteiger partial charge is 0.385 e. The van der Waals surface area contributed by atoms with Crippen molar-refractivity contribution in [2.75, 3.05) is 13.7 Å². The van der Waals surface area contributed by atoms with E-state index in [2.05, 4.69) is 94.2 Å². The molecule has 3 rings (SSSR count). The smallest absolute Gasteiger partial charge is 0.0465 e. The van der Waals surface area contributed by atoms with Gasteiger partial charge in [-0.1, -0.05) is 76.2 Å². The third kappa shape index (κ3) is 5.62. The molecule has 0 radical (unpaired) electrons. The van der Waals surface area contributed by atoms with Gasteiger partial charge < -0.3 is 4.74 Å². The van der Waals surface area contributed by atoms with Gasteiger partial charge in [-0.05, 0) is 76.5 Å². The number of rotatable bonds is 8. The van der Waals surface area contributed by atoms with E-state index in [4.69, 9.17) is 4.74 Å². The molecule has 0 aliphatic heterocycles. The van der Waals surface area contributed by atoms with Crippen molar-refractivity contribution in [1.82, 2.24) is 4.98 Å². The molecule has 0 aliphatic rings. The quantitative estimate of drug-likeness (QED) is 0.354. The van der Waals surface area contributed by atoms with Crippen molar-refractivity contribution in [3.63, 3.8) is 0 Å². The highest BCUT2D eigenvalue weighted by atomic mass is 16.5. The monoisotopic (exact) mass is 415 g/mol. The number of pyridine rings is 1. The van der Waals surface area contributed by atoms with E-state index in [0.29, 0.717) is 11.8 Å². The number of nitrogens with zero attached hydrogens (tertiary/aromatic N) is 1. The van der Waals surface area contributed by atoms with E-state index in [-0.39, 0.29) is 5.41 Å². The summed E-state index contributed by atoms with van der Waals surface area (Å²) in [6.45, 7) is 12.4. The van der Waals surface area contributed by atoms with Crippen molar-refractivity contribution < 1.29 is 4.74 Å². The highest BCUT2D eigenvalue weighted by Gasteiger charge is 2.32. The second-order valence-electron chi connectivity index (χ2n) is 9.74. The Morgan fingerprint density at radius 2 is 1.77 bits per heavy atom. The molecule has 2 heteroatoms. The molecule has 2 aromatic carbocycles. The lowest BCUT2D eigenvalue weighted by atomic mass is 9.68. The fourth-order valence-corrected chi connectivity index (χ4v) is 5.06. The van der Waals surface area contributed by atoms with Gasteiger partial charge in [-0.25, -0.2) is 0 Å². The van der Waals surface area contributed by atoms with E-state index in [1.54, 1.807) is 7.11 Å². The molecule has 2 nitrogen and oxygen atoms in total. The first kappa shape index (κ1) is 23.2. The Morgan fingerprint density at radius 3 is 2.42 bits per heavy atom. The predicted molar refractivity (Wildman–Crippen MR) is 132 cm³/mol. The molecule has 164 valence electrons. The zero-order chi connectivity index (χ0) is 22.4. The van der Waals surface area contributed by atoms with Crippen molar-refractivity contribution >= 4 is 0 Å². The fraction of sp³-hybridized carbons (Fsp3) is 0.414. The molecule has 0 aliphatic carbocycles. The van der Waals surface area contributed by atoms with Gasteiger partial charge in [-0.3, -0.25) is 4.98 Å². The van der Waals surface area contributed by atoms with Crippen LogP contribution in [0.1, 0.15) is 68.2 Å². The number of aromatic nitrogens is 1. The Balaban J connectivity index is 1.94. The Hall–Kier alpha value is -2.45. The van der Waals surface area contributed by atoms with Crippen LogP contribution in [0.2, 0.25) is 0 Å². The predicted octanol–water partition coefficient (Wildman–Crippen LogP) is 7.57. The second kappa shape index (κ2) is 10.2. The van der Waals surface area contributed by atoms with Crippen LogP contribution in [0.3, 0.4) is 0 Å². The Bertz CT molecular complexity index is 972. The van der Waals surface area contributed by atoms with Crippen molar-refractivity contribution in [1.29, 1.82) is 0 Å². The number of benzene rings is 2. The highest BCUT2D eigenvalue weighted by molar-refractivity contribution is 5.68. The lowest BCUT2D eigenvalue weighted by molar-refractivity contribution is 0.195. The molecule has 0 fully saturated rings. The van der Waals surface area contributed by atoms with Gasteiger partial charge in [0, 0.05) is 26.1 Å². The van der Waals surface area contributed by atoms with Crippen LogP contribution in [0.15, 0.2) is 67.0 Å². The third-order valence-electron chi connectivity index (χ3n) is 6.36. The lowest BCUT2D eigenvalue weighted by Crippen LogP contribution is -2.24. The summed E-state index contributed by atoms with van der Waals surface area (Å²) in [6.07, 6.45) is 5.97. The molecule has 1 aromatic heterocycles. The van der Waals surface area contributed by atoms with Gasteiger partial charge in [0.1, 0.15) is 0 Å². The molecule has 0 bridgehead atoms. The molecule has 0 N–H and O–H groups in total. The zero-order valence-electron chi connectivity index (χ0n) is 20.0. The lowest BCUT2D eigenvalue weighted by Gasteiger charge is -2.36. The first-order valence-corrected chi connectivity index (χ1v) is 11.4. The standard InChI is InChI=1S/C29H37NO/c1-21-19-24(27-14-8-7-11-23(27)13-10-18-31-6)15-16-26(21)22(2)28(29(3,4)5)25-12-9-17-30-20-25/h7-9,11-12,14-17,19-20,22,28H,10,13,18H2,1-6H3. The van der Waals surface area contributed by atoms with Crippen molar-refractivity contribution in [3.8, 4) is 11.1 Å². The SMILES string of the molecule is COCCCc1ccccc1-c1ccc(C(C)C(c2cccnc2)C(C)(C)C)c(C)c1. The summed E-state index contributed by atoms with van der Waals surface area (Å²) in [7, 11) is 1.77. The van der Waals surface area contributed by atoms with Gasteiger partial charge in [-0.15, -0.1) is 0 Å². The summed E-state index contributed by atoms with van der Waals surface area (Å²) in [5, 5.41) is 0. The van der Waals surface area contributed by atoms with Gasteiger partial charge in [0.2, 0.25) is 0 Å². The number of aryl methyl sites for hydroxylation is 2. The summed E-state index contributed by atoms with van der Waals surface area (Å²) < 4.78 is 5.25. The molecule has 3 aromatic rings. The van der Waals surface area contributed by atoms with Crippen LogP contribution in [0, 0.1) is 12.3 Å². The fourth-order valence-electron chi connectivity index (χ4n) is 5.06. The van der Waals surface area contributed by atoms with Crippen LogP contribution in [0.5, 0.6) is 0 Å². The molecule has 31 heavy (non-hydrogen) atoms. The number of hydrogen-bond donors (Lipinski definition) is 0. The number of hydrogen-bond acceptors (Lipinski definition) is 2. The molecule has 0 saturated carbocycles. The van der Waals surface area contributed by atoms with Gasteiger partial charge in [0.05, 0.1) is 0 Å². The van der Waals surface area contributed by atoms with Crippen molar-refractivity contribution in [3.05, 3.63) is 89.2 Å². The maximum atomic E-state index is 5.25. The first-order valence-electron chi connectivity index (χ1n) is 11.4. The van der Waals surface area contributed by atoms with Crippen LogP contribution in [-0.4, -0.2) is 18.7 Å². The number of methoxy groups -OCH3 is 1. The minimum atomic E-state index is 0.140. The van der Waals surface area contributed by atoms with E-state index < -0.39 is 0 Å². The summed E-state index contributed by atoms with van der Waals surface area (Å²) in [4.78, 5) is 4.40. The van der Waals surface area contributed by atoms with Crippen molar-refractivity contribution in [2.24, 2.45) is 5.41 Å². The summed E-state index contributed by atoms with van der Waals surface area (Å²) in [5.41, 5.74) is 8.26. The minimum Gasteiger partial charge on any atom is -0.385 e. The second-order valence-corrected chi connectivity index (χ2v) is 9.74. The maximum Gasteiger partial charge on any atom is 0.0465 e. The Labute approximate surface area is 188 Å². The third-order valence-corrected chi connectivity index (χ3v) is 6.36. The molecular formula is C29H37NO. The first-order chi connectivity index (χ1) is 14.8. The summed E-state index contributed by atoms with van der Waals surface area (Å²) >= 11 is 0. The summed E-state index contributed by atoms with van der Waals surface area (Å²) in [5.74, 6) is 0.794. The molecule has 0 amide bonds. The molecule has 2 atom stereocenters. The molecule has 1 heterocycles. The van der Waals surface area contributed by atoms with Crippen LogP contribution < -0.4 is 0 Å². The molecule has 0 spiro atoms. The molecular weight excluding hydrogens is 378 g/mol. The topological polar surface area (TPSA) is 22.1 Å². The minimum absolute atomic E-state index is 0.140. The van der Waals surface area contributed by atoms with Gasteiger partial charge >= 0.3 is 0 Å². The average molecular weight is 416 g/mol. The van der Waals surface area contributed by atoms with Gasteiger partial charge in [0.15, 0.2) is 0 Å². The van der Waals surface area contributed by atoms with Crippen LogP contribution in [0.4, 0.5) is 0 Å². The van der Waals surface area contributed by atoms with E-state index >= 15 is 0 Å². The number of ether oxygens (including phenoxy) is 1. The Morgan fingerprint density at radius 1 is 1.00 bits per heavy atom. The van der Waals surface area contributed by atoms with Crippen LogP contribution in [0.25, 0.3) is 11.1 Å². The van der Waals surface area contributed by atoms with Crippen LogP contribution in [-0.2, 0) is 11.2 Å². The van der Waals surface area contributed by atoms with E-state index in [1.165, 1.54) is 33.4 Å². The maximum absolute atomic E-state index is 5.25. The molecule has 2 unspecified atom stereocenters. The highest BCUT2D eigenvalue weighted by Crippen LogP contribution is 2.46. The van der Waals surface area contributed by atoms with E-state index in [0.717, 1.165) is 19.4 Å². The van der Waals surface area contributed by atoms with E-state index in [9.17, 15) is 0 Å². The summed E-state index contributed by atoms with van der Waals surface area (Å²) in [6, 6.07) is 20.0. The van der Waals surface area contributed by atoms with Crippen molar-refractivity contribution in [2.45, 2.75) is 59.3 Å². The average Bonchev–Trinajstić information content (AvgIpc) is 2.74. The Kier molecular flexibility index (Phi) is 7.67. The van der Waals surface area contributed by atoms with Gasteiger partial charge in [0.25, 0.3) is 0 Å². The normalized spacial score (nSPS) is 13.7.